The molecule has 1 rings (SSSR count). The topological polar surface area (TPSA) is 73.3 Å². The number of hydrogen-bond acceptors (Lipinski definition) is 5. The second kappa shape index (κ2) is 18.1. The van der Waals surface area contributed by atoms with E-state index in [0.717, 1.165) is 43.4 Å². The summed E-state index contributed by atoms with van der Waals surface area (Å²) in [5.41, 5.74) is 0. The van der Waals surface area contributed by atoms with Crippen molar-refractivity contribution in [1.29, 1.82) is 0 Å². The smallest absolute Gasteiger partial charge is 0.191 e. The van der Waals surface area contributed by atoms with E-state index in [2.05, 4.69) is 22.5 Å². The van der Waals surface area contributed by atoms with Crippen LogP contribution in [0.15, 0.2) is 29.3 Å². The normalized spacial score (nSPS) is 10.9. The summed E-state index contributed by atoms with van der Waals surface area (Å²) in [5, 5.41) is 6.54. The lowest BCUT2D eigenvalue weighted by Crippen LogP contribution is -2.38. The molecule has 0 radical (unpaired) electrons. The van der Waals surface area contributed by atoms with Crippen molar-refractivity contribution in [2.45, 2.75) is 19.8 Å². The fourth-order valence-corrected chi connectivity index (χ4v) is 2.10. The van der Waals surface area contributed by atoms with Gasteiger partial charge in [-0.3, -0.25) is 4.99 Å². The largest absolute Gasteiger partial charge is 0.497 e. The van der Waals surface area contributed by atoms with E-state index in [4.69, 9.17) is 18.9 Å². The third kappa shape index (κ3) is 13.5. The Hall–Kier alpha value is -1.26. The first-order valence-electron chi connectivity index (χ1n) is 9.15. The summed E-state index contributed by atoms with van der Waals surface area (Å²) < 4.78 is 21.3. The predicted molar refractivity (Wildman–Crippen MR) is 120 cm³/mol. The zero-order chi connectivity index (χ0) is 18.9. The number of nitrogens with one attached hydrogen (secondary N) is 2. The van der Waals surface area contributed by atoms with Crippen LogP contribution in [0.25, 0.3) is 0 Å². The first-order valence-corrected chi connectivity index (χ1v) is 9.15. The summed E-state index contributed by atoms with van der Waals surface area (Å²) in [6, 6.07) is 7.61. The quantitative estimate of drug-likeness (QED) is 0.179. The third-order valence-electron chi connectivity index (χ3n) is 3.42. The zero-order valence-corrected chi connectivity index (χ0v) is 19.0. The van der Waals surface area contributed by atoms with E-state index in [1.807, 2.05) is 24.3 Å². The van der Waals surface area contributed by atoms with Crippen LogP contribution in [-0.4, -0.2) is 66.2 Å². The molecule has 0 unspecified atom stereocenters. The number of hydrogen-bond donors (Lipinski definition) is 2. The van der Waals surface area contributed by atoms with Gasteiger partial charge in [0.15, 0.2) is 5.96 Å². The van der Waals surface area contributed by atoms with Gasteiger partial charge < -0.3 is 29.6 Å². The lowest BCUT2D eigenvalue weighted by atomic mass is 10.3. The molecule has 0 fully saturated rings. The molecule has 0 amide bonds. The minimum Gasteiger partial charge on any atom is -0.497 e. The highest BCUT2D eigenvalue weighted by Crippen LogP contribution is 2.18. The van der Waals surface area contributed by atoms with E-state index in [-0.39, 0.29) is 24.0 Å². The molecular weight excluding hydrogens is 461 g/mol. The summed E-state index contributed by atoms with van der Waals surface area (Å²) in [6.45, 7) is 7.00. The molecule has 0 aromatic heterocycles. The first kappa shape index (κ1) is 25.7. The van der Waals surface area contributed by atoms with Crippen molar-refractivity contribution in [3.8, 4) is 11.5 Å². The second-order valence-corrected chi connectivity index (χ2v) is 5.53. The second-order valence-electron chi connectivity index (χ2n) is 5.53. The Morgan fingerprint density at radius 1 is 1.00 bits per heavy atom. The number of ether oxygens (including phenoxy) is 4. The predicted octanol–water partition coefficient (Wildman–Crippen LogP) is 2.69. The monoisotopic (exact) mass is 495 g/mol. The van der Waals surface area contributed by atoms with Gasteiger partial charge in [0.1, 0.15) is 11.5 Å². The molecule has 0 saturated heterocycles. The molecule has 1 aromatic rings. The molecule has 0 heterocycles. The average Bonchev–Trinajstić information content (AvgIpc) is 2.67. The van der Waals surface area contributed by atoms with Crippen molar-refractivity contribution in [2.75, 3.05) is 60.3 Å². The van der Waals surface area contributed by atoms with Gasteiger partial charge in [0.05, 0.1) is 26.9 Å². The number of methoxy groups -OCH3 is 2. The van der Waals surface area contributed by atoms with Crippen LogP contribution in [0.1, 0.15) is 19.8 Å². The summed E-state index contributed by atoms with van der Waals surface area (Å²) in [7, 11) is 3.32. The van der Waals surface area contributed by atoms with Crippen LogP contribution in [0.2, 0.25) is 0 Å². The molecule has 0 saturated carbocycles. The maximum Gasteiger partial charge on any atom is 0.191 e. The molecule has 2 N–H and O–H groups in total. The van der Waals surface area contributed by atoms with Crippen LogP contribution in [0.4, 0.5) is 0 Å². The lowest BCUT2D eigenvalue weighted by molar-refractivity contribution is 0.0698. The highest BCUT2D eigenvalue weighted by atomic mass is 127. The average molecular weight is 495 g/mol. The number of aliphatic imine (C=N–C) groups is 1. The Labute approximate surface area is 180 Å². The van der Waals surface area contributed by atoms with E-state index in [9.17, 15) is 0 Å². The van der Waals surface area contributed by atoms with Crippen molar-refractivity contribution in [2.24, 2.45) is 4.99 Å². The van der Waals surface area contributed by atoms with Crippen molar-refractivity contribution in [1.82, 2.24) is 10.6 Å². The maximum absolute atomic E-state index is 5.72. The molecule has 0 aliphatic heterocycles. The van der Waals surface area contributed by atoms with E-state index < -0.39 is 0 Å². The Balaban J connectivity index is 0.00000676. The van der Waals surface area contributed by atoms with Gasteiger partial charge in [0.2, 0.25) is 0 Å². The van der Waals surface area contributed by atoms with Crippen molar-refractivity contribution in [3.63, 3.8) is 0 Å². The number of guanidine groups is 1. The van der Waals surface area contributed by atoms with Crippen molar-refractivity contribution in [3.05, 3.63) is 24.3 Å². The molecule has 0 atom stereocenters. The van der Waals surface area contributed by atoms with Gasteiger partial charge in [0, 0.05) is 45.8 Å². The Bertz CT molecular complexity index is 504. The van der Waals surface area contributed by atoms with Crippen molar-refractivity contribution >= 4 is 29.9 Å². The van der Waals surface area contributed by atoms with Gasteiger partial charge in [-0.25, -0.2) is 0 Å². The Morgan fingerprint density at radius 3 is 2.56 bits per heavy atom. The SMILES string of the molecule is CCNC(=NCCCOc1cccc(OC)c1)NCCCOCCOC.I. The molecule has 7 nitrogen and oxygen atoms in total. The summed E-state index contributed by atoms with van der Waals surface area (Å²) in [4.78, 5) is 4.55. The summed E-state index contributed by atoms with van der Waals surface area (Å²) in [5.74, 6) is 2.43. The first-order chi connectivity index (χ1) is 12.8. The molecule has 0 aliphatic carbocycles. The Kier molecular flexibility index (Phi) is 17.3. The number of halogens is 1. The molecule has 1 aromatic carbocycles. The third-order valence-corrected chi connectivity index (χ3v) is 3.42. The molecule has 8 heteroatoms. The molecule has 156 valence electrons. The highest BCUT2D eigenvalue weighted by molar-refractivity contribution is 14.0. The minimum absolute atomic E-state index is 0. The highest BCUT2D eigenvalue weighted by Gasteiger charge is 1.98. The van der Waals surface area contributed by atoms with Gasteiger partial charge in [-0.05, 0) is 25.5 Å². The van der Waals surface area contributed by atoms with Gasteiger partial charge in [-0.1, -0.05) is 6.07 Å². The van der Waals surface area contributed by atoms with Crippen LogP contribution >= 0.6 is 24.0 Å². The van der Waals surface area contributed by atoms with Gasteiger partial charge in [-0.15, -0.1) is 24.0 Å². The fraction of sp³-hybridized carbons (Fsp3) is 0.632. The lowest BCUT2D eigenvalue weighted by Gasteiger charge is -2.11. The number of rotatable bonds is 14. The molecule has 0 spiro atoms. The van der Waals surface area contributed by atoms with E-state index in [0.29, 0.717) is 33.0 Å². The molecule has 0 aliphatic rings. The van der Waals surface area contributed by atoms with Crippen molar-refractivity contribution < 1.29 is 18.9 Å². The standard InChI is InChI=1S/C19H33N3O4.HI/c1-4-20-19(21-10-6-12-25-15-14-23-2)22-11-7-13-26-18-9-5-8-17(16-18)24-3;/h5,8-9,16H,4,6-7,10-15H2,1-3H3,(H2,20,21,22);1H. The Morgan fingerprint density at radius 2 is 1.81 bits per heavy atom. The number of nitrogens with zero attached hydrogens (tertiary/aromatic N) is 1. The zero-order valence-electron chi connectivity index (χ0n) is 16.7. The van der Waals surface area contributed by atoms with Gasteiger partial charge in [0.25, 0.3) is 0 Å². The van der Waals surface area contributed by atoms with E-state index in [1.54, 1.807) is 14.2 Å². The van der Waals surface area contributed by atoms with Crippen LogP contribution in [0.5, 0.6) is 11.5 Å². The van der Waals surface area contributed by atoms with Crippen LogP contribution < -0.4 is 20.1 Å². The maximum atomic E-state index is 5.72. The van der Waals surface area contributed by atoms with Crippen LogP contribution in [-0.2, 0) is 9.47 Å². The van der Waals surface area contributed by atoms with Gasteiger partial charge >= 0.3 is 0 Å². The molecule has 27 heavy (non-hydrogen) atoms. The summed E-state index contributed by atoms with van der Waals surface area (Å²) in [6.07, 6.45) is 1.76. The van der Waals surface area contributed by atoms with Gasteiger partial charge in [-0.2, -0.15) is 0 Å². The van der Waals surface area contributed by atoms with Crippen LogP contribution in [0, 0.1) is 0 Å². The van der Waals surface area contributed by atoms with E-state index in [1.165, 1.54) is 0 Å². The fourth-order valence-electron chi connectivity index (χ4n) is 2.10. The van der Waals surface area contributed by atoms with E-state index >= 15 is 0 Å². The summed E-state index contributed by atoms with van der Waals surface area (Å²) >= 11 is 0. The molecule has 0 bridgehead atoms. The van der Waals surface area contributed by atoms with Crippen LogP contribution in [0.3, 0.4) is 0 Å². The number of benzene rings is 1. The minimum atomic E-state index is 0. The molecular formula is C19H34IN3O4.